The zero-order valence-electron chi connectivity index (χ0n) is 15.8. The fraction of sp³-hybridized carbons (Fsp3) is 0.435. The van der Waals surface area contributed by atoms with E-state index in [0.29, 0.717) is 5.92 Å². The summed E-state index contributed by atoms with van der Waals surface area (Å²) in [6.45, 7) is 5.10. The standard InChI is InChI=1S/C23H28N2O/c1-3-13-26-22-12-10-18(14-16(22)4-2)19-9-11-20-21(15-19)25-23(24-20)17-7-5-6-8-17/h9-12,14-15,17H,3-8,13H2,1-2H3,(H,24,25). The van der Waals surface area contributed by atoms with Crippen LogP contribution >= 0.6 is 0 Å². The molecule has 4 rings (SSSR count). The Balaban J connectivity index is 1.65. The molecule has 0 unspecified atom stereocenters. The van der Waals surface area contributed by atoms with E-state index in [0.717, 1.165) is 36.2 Å². The van der Waals surface area contributed by atoms with E-state index in [4.69, 9.17) is 9.72 Å². The Bertz CT molecular complexity index is 890. The molecule has 1 aliphatic carbocycles. The highest BCUT2D eigenvalue weighted by atomic mass is 16.5. The number of aromatic nitrogens is 2. The van der Waals surface area contributed by atoms with Crippen molar-refractivity contribution in [3.8, 4) is 16.9 Å². The predicted molar refractivity (Wildman–Crippen MR) is 108 cm³/mol. The van der Waals surface area contributed by atoms with Crippen LogP contribution in [0.2, 0.25) is 0 Å². The Morgan fingerprint density at radius 3 is 2.58 bits per heavy atom. The summed E-state index contributed by atoms with van der Waals surface area (Å²) in [5, 5.41) is 0. The van der Waals surface area contributed by atoms with Crippen molar-refractivity contribution >= 4 is 11.0 Å². The lowest BCUT2D eigenvalue weighted by Gasteiger charge is -2.12. The molecule has 26 heavy (non-hydrogen) atoms. The average Bonchev–Trinajstić information content (AvgIpc) is 3.34. The van der Waals surface area contributed by atoms with Crippen LogP contribution in [0.5, 0.6) is 5.75 Å². The molecule has 0 aliphatic heterocycles. The van der Waals surface area contributed by atoms with Crippen molar-refractivity contribution in [2.75, 3.05) is 6.61 Å². The van der Waals surface area contributed by atoms with Crippen molar-refractivity contribution in [3.63, 3.8) is 0 Å². The molecule has 1 heterocycles. The zero-order chi connectivity index (χ0) is 17.9. The van der Waals surface area contributed by atoms with Gasteiger partial charge in [-0.25, -0.2) is 4.98 Å². The molecule has 0 saturated heterocycles. The first kappa shape index (κ1) is 17.1. The highest BCUT2D eigenvalue weighted by Crippen LogP contribution is 2.34. The molecule has 0 bridgehead atoms. The van der Waals surface area contributed by atoms with E-state index in [-0.39, 0.29) is 0 Å². The molecule has 1 fully saturated rings. The molecule has 1 aromatic heterocycles. The van der Waals surface area contributed by atoms with Gasteiger partial charge in [-0.3, -0.25) is 0 Å². The highest BCUT2D eigenvalue weighted by Gasteiger charge is 2.20. The largest absolute Gasteiger partial charge is 0.493 e. The maximum Gasteiger partial charge on any atom is 0.122 e. The predicted octanol–water partition coefficient (Wildman–Crippen LogP) is 6.24. The normalized spacial score (nSPS) is 15.0. The molecular weight excluding hydrogens is 320 g/mol. The first-order valence-corrected chi connectivity index (χ1v) is 10.0. The summed E-state index contributed by atoms with van der Waals surface area (Å²) in [4.78, 5) is 8.42. The second kappa shape index (κ2) is 7.53. The molecule has 0 spiro atoms. The van der Waals surface area contributed by atoms with Crippen molar-refractivity contribution < 1.29 is 4.74 Å². The number of nitrogens with zero attached hydrogens (tertiary/aromatic N) is 1. The Morgan fingerprint density at radius 1 is 1.04 bits per heavy atom. The molecule has 2 aromatic carbocycles. The van der Waals surface area contributed by atoms with Crippen LogP contribution in [0.4, 0.5) is 0 Å². The molecule has 3 nitrogen and oxygen atoms in total. The Kier molecular flexibility index (Phi) is 4.96. The van der Waals surface area contributed by atoms with Crippen LogP contribution in [0.15, 0.2) is 36.4 Å². The third-order valence-electron chi connectivity index (χ3n) is 5.48. The zero-order valence-corrected chi connectivity index (χ0v) is 15.8. The van der Waals surface area contributed by atoms with Crippen LogP contribution in [0.1, 0.15) is 63.3 Å². The molecule has 3 heteroatoms. The smallest absolute Gasteiger partial charge is 0.122 e. The van der Waals surface area contributed by atoms with Crippen LogP contribution in [-0.4, -0.2) is 16.6 Å². The van der Waals surface area contributed by atoms with Gasteiger partial charge in [0.25, 0.3) is 0 Å². The number of imidazole rings is 1. The first-order chi connectivity index (χ1) is 12.8. The van der Waals surface area contributed by atoms with Gasteiger partial charge in [-0.05, 0) is 66.6 Å². The van der Waals surface area contributed by atoms with Crippen LogP contribution in [-0.2, 0) is 6.42 Å². The second-order valence-electron chi connectivity index (χ2n) is 7.36. The summed E-state index contributed by atoms with van der Waals surface area (Å²) >= 11 is 0. The van der Waals surface area contributed by atoms with Gasteiger partial charge in [0.05, 0.1) is 17.6 Å². The van der Waals surface area contributed by atoms with Crippen molar-refractivity contribution in [1.82, 2.24) is 9.97 Å². The number of benzene rings is 2. The SMILES string of the molecule is CCCOc1ccc(-c2ccc3nc(C4CCCC4)[nH]c3c2)cc1CC. The molecule has 0 radical (unpaired) electrons. The van der Waals surface area contributed by atoms with Gasteiger partial charge >= 0.3 is 0 Å². The monoisotopic (exact) mass is 348 g/mol. The number of hydrogen-bond donors (Lipinski definition) is 1. The Hall–Kier alpha value is -2.29. The minimum Gasteiger partial charge on any atom is -0.493 e. The van der Waals surface area contributed by atoms with Gasteiger partial charge in [-0.2, -0.15) is 0 Å². The minimum atomic E-state index is 0.618. The lowest BCUT2D eigenvalue weighted by Crippen LogP contribution is -1.98. The second-order valence-corrected chi connectivity index (χ2v) is 7.36. The third-order valence-corrected chi connectivity index (χ3v) is 5.48. The number of hydrogen-bond acceptors (Lipinski definition) is 2. The Morgan fingerprint density at radius 2 is 1.81 bits per heavy atom. The summed E-state index contributed by atoms with van der Waals surface area (Å²) < 4.78 is 5.88. The van der Waals surface area contributed by atoms with E-state index in [2.05, 4.69) is 55.2 Å². The fourth-order valence-corrected chi connectivity index (χ4v) is 3.99. The molecule has 136 valence electrons. The van der Waals surface area contributed by atoms with E-state index in [1.165, 1.54) is 48.2 Å². The summed E-state index contributed by atoms with van der Waals surface area (Å²) in [6, 6.07) is 13.1. The van der Waals surface area contributed by atoms with Gasteiger partial charge in [0, 0.05) is 5.92 Å². The van der Waals surface area contributed by atoms with Gasteiger partial charge in [0.1, 0.15) is 11.6 Å². The van der Waals surface area contributed by atoms with Crippen LogP contribution < -0.4 is 4.74 Å². The summed E-state index contributed by atoms with van der Waals surface area (Å²) in [6.07, 6.45) is 7.21. The lowest BCUT2D eigenvalue weighted by molar-refractivity contribution is 0.314. The van der Waals surface area contributed by atoms with Gasteiger partial charge in [-0.15, -0.1) is 0 Å². The maximum absolute atomic E-state index is 5.88. The molecule has 3 aromatic rings. The number of H-pyrrole nitrogens is 1. The quantitative estimate of drug-likeness (QED) is 0.572. The highest BCUT2D eigenvalue weighted by molar-refractivity contribution is 5.82. The van der Waals surface area contributed by atoms with E-state index in [9.17, 15) is 0 Å². The Labute approximate surface area is 155 Å². The number of aryl methyl sites for hydroxylation is 1. The summed E-state index contributed by atoms with van der Waals surface area (Å²) in [5.74, 6) is 2.81. The molecular formula is C23H28N2O. The van der Waals surface area contributed by atoms with Gasteiger partial charge < -0.3 is 9.72 Å². The van der Waals surface area contributed by atoms with Crippen molar-refractivity contribution in [3.05, 3.63) is 47.8 Å². The lowest BCUT2D eigenvalue weighted by atomic mass is 10.0. The minimum absolute atomic E-state index is 0.618. The fourth-order valence-electron chi connectivity index (χ4n) is 3.99. The summed E-state index contributed by atoms with van der Waals surface area (Å²) in [5.41, 5.74) is 5.97. The van der Waals surface area contributed by atoms with E-state index >= 15 is 0 Å². The van der Waals surface area contributed by atoms with Crippen molar-refractivity contribution in [1.29, 1.82) is 0 Å². The molecule has 0 atom stereocenters. The number of fused-ring (bicyclic) bond motifs is 1. The number of nitrogens with one attached hydrogen (secondary N) is 1. The van der Waals surface area contributed by atoms with E-state index < -0.39 is 0 Å². The topological polar surface area (TPSA) is 37.9 Å². The molecule has 0 amide bonds. The molecule has 1 N–H and O–H groups in total. The van der Waals surface area contributed by atoms with Crippen molar-refractivity contribution in [2.45, 2.75) is 58.3 Å². The molecule has 1 aliphatic rings. The van der Waals surface area contributed by atoms with Crippen LogP contribution in [0, 0.1) is 0 Å². The van der Waals surface area contributed by atoms with Crippen LogP contribution in [0.25, 0.3) is 22.2 Å². The van der Waals surface area contributed by atoms with Gasteiger partial charge in [0.15, 0.2) is 0 Å². The van der Waals surface area contributed by atoms with Gasteiger partial charge in [0.2, 0.25) is 0 Å². The number of rotatable bonds is 6. The summed E-state index contributed by atoms with van der Waals surface area (Å²) in [7, 11) is 0. The van der Waals surface area contributed by atoms with Gasteiger partial charge in [-0.1, -0.05) is 38.8 Å². The molecule has 1 saturated carbocycles. The van der Waals surface area contributed by atoms with Crippen LogP contribution in [0.3, 0.4) is 0 Å². The van der Waals surface area contributed by atoms with E-state index in [1.54, 1.807) is 0 Å². The maximum atomic E-state index is 5.88. The first-order valence-electron chi connectivity index (χ1n) is 10.0. The average molecular weight is 348 g/mol. The van der Waals surface area contributed by atoms with E-state index in [1.807, 2.05) is 0 Å². The van der Waals surface area contributed by atoms with Crippen molar-refractivity contribution in [2.24, 2.45) is 0 Å². The number of aromatic amines is 1. The third kappa shape index (κ3) is 3.35. The number of ether oxygens (including phenoxy) is 1.